The minimum absolute atomic E-state index is 0.0773. The molecule has 0 saturated heterocycles. The van der Waals surface area contributed by atoms with Crippen molar-refractivity contribution in [3.05, 3.63) is 53.8 Å². The highest BCUT2D eigenvalue weighted by molar-refractivity contribution is 7.92. The molecule has 0 bridgehead atoms. The number of hydrogen-bond acceptors (Lipinski definition) is 5. The molecule has 12 heteroatoms. The van der Waals surface area contributed by atoms with Gasteiger partial charge in [0.05, 0.1) is 10.6 Å². The number of rotatable bonds is 6. The third-order valence-corrected chi connectivity index (χ3v) is 6.44. The number of nitrogens with one attached hydrogen (secondary N) is 2. The first-order valence-electron chi connectivity index (χ1n) is 7.26. The highest BCUT2D eigenvalue weighted by atomic mass is 32.2. The molecule has 0 aromatic heterocycles. The van der Waals surface area contributed by atoms with Crippen molar-refractivity contribution < 1.29 is 34.4 Å². The molecule has 0 saturated carbocycles. The molecule has 0 amide bonds. The largest absolute Gasteiger partial charge is 0.501 e. The maximum atomic E-state index is 13.3. The molecule has 0 atom stereocenters. The van der Waals surface area contributed by atoms with Crippen LogP contribution in [0.3, 0.4) is 0 Å². The number of sulfone groups is 1. The fraction of sp³-hybridized carbons (Fsp3) is 0.200. The molecular weight excluding hydrogens is 412 g/mol. The van der Waals surface area contributed by atoms with Gasteiger partial charge in [0, 0.05) is 6.54 Å². The smallest absolute Gasteiger partial charge is 0.380 e. The first kappa shape index (κ1) is 21.1. The lowest BCUT2D eigenvalue weighted by Gasteiger charge is -2.15. The van der Waals surface area contributed by atoms with E-state index in [1.807, 2.05) is 0 Å². The predicted octanol–water partition coefficient (Wildman–Crippen LogP) is 2.64. The van der Waals surface area contributed by atoms with Crippen LogP contribution >= 0.6 is 0 Å². The van der Waals surface area contributed by atoms with Crippen molar-refractivity contribution in [3.8, 4) is 0 Å². The molecule has 0 unspecified atom stereocenters. The molecule has 6 nitrogen and oxygen atoms in total. The van der Waals surface area contributed by atoms with Crippen molar-refractivity contribution in [2.45, 2.75) is 21.8 Å². The lowest BCUT2D eigenvalue weighted by Crippen LogP contribution is -2.24. The molecule has 0 heterocycles. The minimum Gasteiger partial charge on any atom is -0.380 e. The molecule has 0 spiro atoms. The Morgan fingerprint density at radius 3 is 2.26 bits per heavy atom. The number of sulfonamides is 1. The van der Waals surface area contributed by atoms with Gasteiger partial charge in [-0.25, -0.2) is 25.9 Å². The Morgan fingerprint density at radius 1 is 1.00 bits per heavy atom. The van der Waals surface area contributed by atoms with Crippen LogP contribution in [0.25, 0.3) is 0 Å². The molecule has 2 aromatic rings. The summed E-state index contributed by atoms with van der Waals surface area (Å²) in [6.07, 6.45) is 0. The van der Waals surface area contributed by atoms with Crippen molar-refractivity contribution in [1.82, 2.24) is 4.72 Å². The Kier molecular flexibility index (Phi) is 5.82. The first-order valence-corrected chi connectivity index (χ1v) is 10.2. The Bertz CT molecular complexity index is 1050. The second kappa shape index (κ2) is 7.44. The van der Waals surface area contributed by atoms with Crippen LogP contribution in [0.4, 0.5) is 23.2 Å². The van der Waals surface area contributed by atoms with E-state index in [1.165, 1.54) is 31.3 Å². The van der Waals surface area contributed by atoms with Crippen LogP contribution in [0, 0.1) is 5.82 Å². The number of anilines is 1. The van der Waals surface area contributed by atoms with E-state index in [9.17, 15) is 34.4 Å². The highest BCUT2D eigenvalue weighted by Gasteiger charge is 2.48. The van der Waals surface area contributed by atoms with E-state index in [0.29, 0.717) is 5.56 Å². The van der Waals surface area contributed by atoms with Crippen molar-refractivity contribution in [1.29, 1.82) is 0 Å². The average molecular weight is 426 g/mol. The zero-order valence-electron chi connectivity index (χ0n) is 13.7. The second-order valence-electron chi connectivity index (χ2n) is 5.30. The van der Waals surface area contributed by atoms with Crippen LogP contribution in [0.1, 0.15) is 5.56 Å². The summed E-state index contributed by atoms with van der Waals surface area (Å²) in [6.45, 7) is -0.195. The average Bonchev–Trinajstić information content (AvgIpc) is 2.60. The van der Waals surface area contributed by atoms with Crippen LogP contribution in [0.5, 0.6) is 0 Å². The van der Waals surface area contributed by atoms with Gasteiger partial charge in [0.2, 0.25) is 10.0 Å². The van der Waals surface area contributed by atoms with Gasteiger partial charge < -0.3 is 5.32 Å². The van der Waals surface area contributed by atoms with E-state index >= 15 is 0 Å². The van der Waals surface area contributed by atoms with Gasteiger partial charge >= 0.3 is 5.51 Å². The summed E-state index contributed by atoms with van der Waals surface area (Å²) in [5, 5.41) is 2.47. The molecule has 0 aliphatic rings. The normalized spacial score (nSPS) is 12.8. The first-order chi connectivity index (χ1) is 12.4. The zero-order chi connectivity index (χ0) is 20.5. The molecule has 2 aromatic carbocycles. The number of benzene rings is 2. The summed E-state index contributed by atoms with van der Waals surface area (Å²) in [4.78, 5) is -1.33. The van der Waals surface area contributed by atoms with Gasteiger partial charge in [0.1, 0.15) is 10.7 Å². The van der Waals surface area contributed by atoms with E-state index in [1.54, 1.807) is 0 Å². The third kappa shape index (κ3) is 4.57. The van der Waals surface area contributed by atoms with E-state index in [0.717, 1.165) is 12.1 Å². The number of hydrogen-bond donors (Lipinski definition) is 2. The molecule has 0 aliphatic carbocycles. The van der Waals surface area contributed by atoms with Crippen LogP contribution in [-0.4, -0.2) is 29.4 Å². The third-order valence-electron chi connectivity index (χ3n) is 3.50. The van der Waals surface area contributed by atoms with Gasteiger partial charge in [-0.2, -0.15) is 13.2 Å². The summed E-state index contributed by atoms with van der Waals surface area (Å²) < 4.78 is 101. The van der Waals surface area contributed by atoms with Gasteiger partial charge in [-0.15, -0.1) is 0 Å². The number of halogens is 4. The van der Waals surface area contributed by atoms with Crippen molar-refractivity contribution >= 4 is 25.5 Å². The molecule has 0 fully saturated rings. The van der Waals surface area contributed by atoms with Gasteiger partial charge in [0.25, 0.3) is 9.84 Å². The van der Waals surface area contributed by atoms with Crippen LogP contribution < -0.4 is 10.0 Å². The van der Waals surface area contributed by atoms with Gasteiger partial charge in [-0.3, -0.25) is 0 Å². The van der Waals surface area contributed by atoms with Crippen molar-refractivity contribution in [2.75, 3.05) is 12.4 Å². The lowest BCUT2D eigenvalue weighted by atomic mass is 10.2. The van der Waals surface area contributed by atoms with Gasteiger partial charge in [0.15, 0.2) is 0 Å². The summed E-state index contributed by atoms with van der Waals surface area (Å²) in [7, 11) is -8.29. The SMILES string of the molecule is CNS(=O)(=O)c1cccc(CNc2ccc(F)cc2S(=O)(=O)C(F)(F)F)c1. The fourth-order valence-electron chi connectivity index (χ4n) is 2.13. The van der Waals surface area contributed by atoms with Crippen molar-refractivity contribution in [3.63, 3.8) is 0 Å². The highest BCUT2D eigenvalue weighted by Crippen LogP contribution is 2.35. The summed E-state index contributed by atoms with van der Waals surface area (Å²) in [6, 6.07) is 7.42. The zero-order valence-corrected chi connectivity index (χ0v) is 15.3. The fourth-order valence-corrected chi connectivity index (χ4v) is 3.87. The molecule has 148 valence electrons. The maximum absolute atomic E-state index is 13.3. The van der Waals surface area contributed by atoms with E-state index in [-0.39, 0.29) is 17.5 Å². The second-order valence-corrected chi connectivity index (χ2v) is 9.09. The quantitative estimate of drug-likeness (QED) is 0.693. The van der Waals surface area contributed by atoms with Gasteiger partial charge in [-0.05, 0) is 42.9 Å². The van der Waals surface area contributed by atoms with E-state index in [2.05, 4.69) is 10.0 Å². The Hall–Kier alpha value is -2.18. The summed E-state index contributed by atoms with van der Waals surface area (Å²) in [5.74, 6) is -1.15. The van der Waals surface area contributed by atoms with Crippen LogP contribution in [0.15, 0.2) is 52.3 Å². The Balaban J connectivity index is 2.37. The molecule has 0 aliphatic heterocycles. The number of alkyl halides is 3. The summed E-state index contributed by atoms with van der Waals surface area (Å²) in [5.41, 5.74) is -5.71. The standard InChI is InChI=1S/C15H14F4N2O4S2/c1-20-27(24,25)12-4-2-3-10(7-12)9-21-13-6-5-11(16)8-14(13)26(22,23)15(17,18)19/h2-8,20-21H,9H2,1H3. The van der Waals surface area contributed by atoms with Crippen LogP contribution in [-0.2, 0) is 26.4 Å². The molecule has 27 heavy (non-hydrogen) atoms. The minimum atomic E-state index is -5.78. The van der Waals surface area contributed by atoms with Crippen LogP contribution in [0.2, 0.25) is 0 Å². The van der Waals surface area contributed by atoms with E-state index in [4.69, 9.17) is 0 Å². The maximum Gasteiger partial charge on any atom is 0.501 e. The molecular formula is C15H14F4N2O4S2. The van der Waals surface area contributed by atoms with Gasteiger partial charge in [-0.1, -0.05) is 12.1 Å². The van der Waals surface area contributed by atoms with Crippen molar-refractivity contribution in [2.24, 2.45) is 0 Å². The Morgan fingerprint density at radius 2 is 1.67 bits per heavy atom. The topological polar surface area (TPSA) is 92.3 Å². The lowest BCUT2D eigenvalue weighted by molar-refractivity contribution is -0.0435. The monoisotopic (exact) mass is 426 g/mol. The Labute approximate surface area is 153 Å². The summed E-state index contributed by atoms with van der Waals surface area (Å²) >= 11 is 0. The van der Waals surface area contributed by atoms with E-state index < -0.39 is 41.8 Å². The predicted molar refractivity (Wildman–Crippen MR) is 89.7 cm³/mol. The molecule has 0 radical (unpaired) electrons. The molecule has 2 N–H and O–H groups in total. The molecule has 2 rings (SSSR count).